The van der Waals surface area contributed by atoms with Gasteiger partial charge in [-0.05, 0) is 19.3 Å². The highest BCUT2D eigenvalue weighted by molar-refractivity contribution is 4.71. The van der Waals surface area contributed by atoms with Crippen LogP contribution in [0.25, 0.3) is 0 Å². The molecule has 9 heavy (non-hydrogen) atoms. The third-order valence-electron chi connectivity index (χ3n) is 1.90. The standard InChI is InChI=1S/C7H14FN/c8-6-3-1-2-4-7(9)5-6/h6-7H,1-5,9H2/t6-,7+/m1/s1. The van der Waals surface area contributed by atoms with Crippen molar-refractivity contribution in [2.24, 2.45) is 5.73 Å². The van der Waals surface area contributed by atoms with Crippen LogP contribution in [-0.4, -0.2) is 12.2 Å². The number of halogens is 1. The van der Waals surface area contributed by atoms with E-state index in [4.69, 9.17) is 5.73 Å². The topological polar surface area (TPSA) is 26.0 Å². The highest BCUT2D eigenvalue weighted by Crippen LogP contribution is 2.18. The molecule has 0 amide bonds. The van der Waals surface area contributed by atoms with E-state index in [1.807, 2.05) is 0 Å². The smallest absolute Gasteiger partial charge is 0.102 e. The van der Waals surface area contributed by atoms with Gasteiger partial charge in [0.05, 0.1) is 0 Å². The number of nitrogens with two attached hydrogens (primary N) is 1. The van der Waals surface area contributed by atoms with Crippen molar-refractivity contribution >= 4 is 0 Å². The Morgan fingerprint density at radius 1 is 1.22 bits per heavy atom. The molecule has 0 aliphatic heterocycles. The summed E-state index contributed by atoms with van der Waals surface area (Å²) in [6.07, 6.45) is 3.84. The summed E-state index contributed by atoms with van der Waals surface area (Å²) in [5.41, 5.74) is 5.59. The van der Waals surface area contributed by atoms with Gasteiger partial charge in [-0.3, -0.25) is 0 Å². The second-order valence-electron chi connectivity index (χ2n) is 2.88. The molecule has 2 heteroatoms. The summed E-state index contributed by atoms with van der Waals surface area (Å²) in [5.74, 6) is 0. The van der Waals surface area contributed by atoms with Crippen molar-refractivity contribution in [3.63, 3.8) is 0 Å². The molecule has 0 aromatic heterocycles. The van der Waals surface area contributed by atoms with E-state index in [2.05, 4.69) is 0 Å². The quantitative estimate of drug-likeness (QED) is 0.497. The number of rotatable bonds is 0. The highest BCUT2D eigenvalue weighted by atomic mass is 19.1. The molecule has 1 saturated carbocycles. The molecule has 0 spiro atoms. The van der Waals surface area contributed by atoms with Crippen LogP contribution in [0.3, 0.4) is 0 Å². The van der Waals surface area contributed by atoms with Crippen LogP contribution in [0.4, 0.5) is 4.39 Å². The third kappa shape index (κ3) is 2.31. The van der Waals surface area contributed by atoms with Gasteiger partial charge in [0.15, 0.2) is 0 Å². The first-order chi connectivity index (χ1) is 4.29. The molecule has 1 nitrogen and oxygen atoms in total. The Kier molecular flexibility index (Phi) is 2.46. The SMILES string of the molecule is N[C@H]1CCCC[C@@H](F)C1. The van der Waals surface area contributed by atoms with E-state index < -0.39 is 6.17 Å². The molecule has 0 heterocycles. The summed E-state index contributed by atoms with van der Waals surface area (Å²) < 4.78 is 12.6. The normalized spacial score (nSPS) is 38.0. The molecule has 1 rings (SSSR count). The van der Waals surface area contributed by atoms with Gasteiger partial charge in [0.1, 0.15) is 6.17 Å². The summed E-state index contributed by atoms with van der Waals surface area (Å²) in [6.45, 7) is 0. The molecule has 0 aromatic rings. The van der Waals surface area contributed by atoms with Crippen LogP contribution in [0.2, 0.25) is 0 Å². The van der Waals surface area contributed by atoms with Gasteiger partial charge < -0.3 is 5.73 Å². The second-order valence-corrected chi connectivity index (χ2v) is 2.88. The fourth-order valence-corrected chi connectivity index (χ4v) is 1.34. The van der Waals surface area contributed by atoms with Crippen LogP contribution in [0.5, 0.6) is 0 Å². The van der Waals surface area contributed by atoms with E-state index in [9.17, 15) is 4.39 Å². The maximum atomic E-state index is 12.6. The molecule has 0 bridgehead atoms. The second kappa shape index (κ2) is 3.16. The molecule has 1 fully saturated rings. The van der Waals surface area contributed by atoms with Gasteiger partial charge in [-0.1, -0.05) is 12.8 Å². The largest absolute Gasteiger partial charge is 0.328 e. The van der Waals surface area contributed by atoms with Crippen LogP contribution < -0.4 is 5.73 Å². The lowest BCUT2D eigenvalue weighted by Crippen LogP contribution is -2.21. The fourth-order valence-electron chi connectivity index (χ4n) is 1.34. The Labute approximate surface area is 55.4 Å². The van der Waals surface area contributed by atoms with E-state index in [0.717, 1.165) is 25.7 Å². The van der Waals surface area contributed by atoms with Crippen LogP contribution in [-0.2, 0) is 0 Å². The zero-order valence-electron chi connectivity index (χ0n) is 5.65. The van der Waals surface area contributed by atoms with E-state index >= 15 is 0 Å². The van der Waals surface area contributed by atoms with Gasteiger partial charge >= 0.3 is 0 Å². The molecule has 1 aliphatic carbocycles. The first-order valence-electron chi connectivity index (χ1n) is 3.68. The molecular weight excluding hydrogens is 117 g/mol. The van der Waals surface area contributed by atoms with Crippen LogP contribution in [0, 0.1) is 0 Å². The number of hydrogen-bond donors (Lipinski definition) is 1. The van der Waals surface area contributed by atoms with Crippen molar-refractivity contribution in [1.82, 2.24) is 0 Å². The van der Waals surface area contributed by atoms with Gasteiger partial charge in [-0.25, -0.2) is 4.39 Å². The minimum Gasteiger partial charge on any atom is -0.328 e. The Balaban J connectivity index is 2.29. The maximum absolute atomic E-state index is 12.6. The first-order valence-corrected chi connectivity index (χ1v) is 3.68. The van der Waals surface area contributed by atoms with Crippen molar-refractivity contribution < 1.29 is 4.39 Å². The van der Waals surface area contributed by atoms with E-state index in [1.165, 1.54) is 0 Å². The third-order valence-corrected chi connectivity index (χ3v) is 1.90. The lowest BCUT2D eigenvalue weighted by Gasteiger charge is -2.07. The zero-order valence-corrected chi connectivity index (χ0v) is 5.65. The van der Waals surface area contributed by atoms with Gasteiger partial charge in [0.25, 0.3) is 0 Å². The zero-order chi connectivity index (χ0) is 6.69. The number of hydrogen-bond acceptors (Lipinski definition) is 1. The molecule has 0 unspecified atom stereocenters. The lowest BCUT2D eigenvalue weighted by molar-refractivity contribution is 0.290. The Morgan fingerprint density at radius 3 is 2.67 bits per heavy atom. The molecule has 54 valence electrons. The van der Waals surface area contributed by atoms with Crippen molar-refractivity contribution in [2.45, 2.75) is 44.3 Å². The van der Waals surface area contributed by atoms with E-state index in [-0.39, 0.29) is 6.04 Å². The molecule has 0 saturated heterocycles. The Morgan fingerprint density at radius 2 is 1.89 bits per heavy atom. The van der Waals surface area contributed by atoms with Gasteiger partial charge in [-0.2, -0.15) is 0 Å². The molecule has 1 aliphatic rings. The fraction of sp³-hybridized carbons (Fsp3) is 1.00. The minimum atomic E-state index is -0.623. The minimum absolute atomic E-state index is 0.127. The Bertz CT molecular complexity index is 75.0. The molecule has 2 N–H and O–H groups in total. The summed E-state index contributed by atoms with van der Waals surface area (Å²) >= 11 is 0. The molecule has 0 aromatic carbocycles. The average Bonchev–Trinajstić information content (AvgIpc) is 1.93. The van der Waals surface area contributed by atoms with Crippen molar-refractivity contribution in [1.29, 1.82) is 0 Å². The maximum Gasteiger partial charge on any atom is 0.102 e. The summed E-state index contributed by atoms with van der Waals surface area (Å²) in [4.78, 5) is 0. The van der Waals surface area contributed by atoms with E-state index in [1.54, 1.807) is 0 Å². The first kappa shape index (κ1) is 7.00. The molecule has 2 atom stereocenters. The number of alkyl halides is 1. The average molecular weight is 131 g/mol. The van der Waals surface area contributed by atoms with Gasteiger partial charge in [-0.15, -0.1) is 0 Å². The monoisotopic (exact) mass is 131 g/mol. The van der Waals surface area contributed by atoms with Crippen molar-refractivity contribution in [3.8, 4) is 0 Å². The Hall–Kier alpha value is -0.110. The predicted molar refractivity (Wildman–Crippen MR) is 36.0 cm³/mol. The van der Waals surface area contributed by atoms with Crippen LogP contribution in [0.1, 0.15) is 32.1 Å². The summed E-state index contributed by atoms with van der Waals surface area (Å²) in [7, 11) is 0. The molecule has 0 radical (unpaired) electrons. The van der Waals surface area contributed by atoms with Gasteiger partial charge in [0, 0.05) is 6.04 Å². The lowest BCUT2D eigenvalue weighted by atomic mass is 10.1. The predicted octanol–water partition coefficient (Wildman–Crippen LogP) is 1.62. The van der Waals surface area contributed by atoms with Crippen LogP contribution >= 0.6 is 0 Å². The highest BCUT2D eigenvalue weighted by Gasteiger charge is 2.15. The van der Waals surface area contributed by atoms with E-state index in [0.29, 0.717) is 6.42 Å². The van der Waals surface area contributed by atoms with Crippen LogP contribution in [0.15, 0.2) is 0 Å². The van der Waals surface area contributed by atoms with Crippen molar-refractivity contribution in [2.75, 3.05) is 0 Å². The van der Waals surface area contributed by atoms with Gasteiger partial charge in [0.2, 0.25) is 0 Å². The summed E-state index contributed by atoms with van der Waals surface area (Å²) in [6, 6.07) is 0.127. The molecular formula is C7H14FN. The van der Waals surface area contributed by atoms with Crippen molar-refractivity contribution in [3.05, 3.63) is 0 Å². The summed E-state index contributed by atoms with van der Waals surface area (Å²) in [5, 5.41) is 0.